The lowest BCUT2D eigenvalue weighted by Crippen LogP contribution is -2.37. The molecule has 1 unspecified atom stereocenters. The van der Waals surface area contributed by atoms with Crippen molar-refractivity contribution in [3.05, 3.63) is 35.4 Å². The molecule has 0 amide bonds. The molecule has 0 aliphatic heterocycles. The van der Waals surface area contributed by atoms with Crippen molar-refractivity contribution in [2.45, 2.75) is 45.6 Å². The van der Waals surface area contributed by atoms with Crippen LogP contribution < -0.4 is 5.32 Å². The molecule has 0 fully saturated rings. The Morgan fingerprint density at radius 2 is 1.65 bits per heavy atom. The Morgan fingerprint density at radius 3 is 2.12 bits per heavy atom. The number of benzene rings is 1. The molecule has 0 aliphatic rings. The predicted octanol–water partition coefficient (Wildman–Crippen LogP) is 3.42. The lowest BCUT2D eigenvalue weighted by molar-refractivity contribution is 0.0983. The van der Waals surface area contributed by atoms with Gasteiger partial charge in [0.15, 0.2) is 0 Å². The Kier molecular flexibility index (Phi) is 6.12. The number of alkyl halides is 2. The first-order valence-corrected chi connectivity index (χ1v) is 6.26. The van der Waals surface area contributed by atoms with Gasteiger partial charge in [-0.3, -0.25) is 0 Å². The topological polar surface area (TPSA) is 12.0 Å². The fourth-order valence-electron chi connectivity index (χ4n) is 1.75. The zero-order valence-electron chi connectivity index (χ0n) is 10.5. The molecular weight excluding hydrogens is 220 g/mol. The van der Waals surface area contributed by atoms with Crippen molar-refractivity contribution >= 4 is 0 Å². The minimum atomic E-state index is -2.31. The van der Waals surface area contributed by atoms with Crippen LogP contribution in [0.4, 0.5) is 8.78 Å². The van der Waals surface area contributed by atoms with Gasteiger partial charge in [0.05, 0.1) is 6.04 Å². The third-order valence-corrected chi connectivity index (χ3v) is 2.85. The van der Waals surface area contributed by atoms with E-state index >= 15 is 0 Å². The van der Waals surface area contributed by atoms with Gasteiger partial charge < -0.3 is 5.32 Å². The highest BCUT2D eigenvalue weighted by Gasteiger charge is 2.19. The van der Waals surface area contributed by atoms with Gasteiger partial charge in [-0.15, -0.1) is 0 Å². The molecule has 0 saturated heterocycles. The molecule has 0 aliphatic carbocycles. The molecule has 96 valence electrons. The first-order chi connectivity index (χ1) is 8.17. The number of nitrogens with one attached hydrogen (secondary N) is 1. The van der Waals surface area contributed by atoms with E-state index in [0.29, 0.717) is 13.0 Å². The fraction of sp³-hybridized carbons (Fsp3) is 0.571. The minimum Gasteiger partial charge on any atom is -0.309 e. The summed E-state index contributed by atoms with van der Waals surface area (Å²) >= 11 is 0. The van der Waals surface area contributed by atoms with Gasteiger partial charge in [0.1, 0.15) is 0 Å². The zero-order valence-corrected chi connectivity index (χ0v) is 10.5. The van der Waals surface area contributed by atoms with E-state index in [1.807, 2.05) is 31.2 Å². The van der Waals surface area contributed by atoms with Gasteiger partial charge in [0.25, 0.3) is 6.43 Å². The van der Waals surface area contributed by atoms with Crippen LogP contribution in [0.2, 0.25) is 0 Å². The van der Waals surface area contributed by atoms with Crippen LogP contribution in [0.3, 0.4) is 0 Å². The van der Waals surface area contributed by atoms with E-state index < -0.39 is 12.5 Å². The summed E-state index contributed by atoms with van der Waals surface area (Å²) in [5.74, 6) is 0. The Bertz CT molecular complexity index is 309. The van der Waals surface area contributed by atoms with E-state index in [-0.39, 0.29) is 0 Å². The van der Waals surface area contributed by atoms with Crippen molar-refractivity contribution in [3.8, 4) is 0 Å². The largest absolute Gasteiger partial charge is 0.309 e. The monoisotopic (exact) mass is 241 g/mol. The minimum absolute atomic E-state index is 0.391. The summed E-state index contributed by atoms with van der Waals surface area (Å²) in [4.78, 5) is 0. The third kappa shape index (κ3) is 4.82. The molecule has 1 aromatic rings. The summed E-state index contributed by atoms with van der Waals surface area (Å²) < 4.78 is 25.6. The van der Waals surface area contributed by atoms with E-state index in [9.17, 15) is 8.78 Å². The Labute approximate surface area is 102 Å². The quantitative estimate of drug-likeness (QED) is 0.771. The highest BCUT2D eigenvalue weighted by atomic mass is 19.3. The summed E-state index contributed by atoms with van der Waals surface area (Å²) in [6.45, 7) is 4.70. The highest BCUT2D eigenvalue weighted by Crippen LogP contribution is 2.11. The van der Waals surface area contributed by atoms with Crippen molar-refractivity contribution in [1.29, 1.82) is 0 Å². The molecule has 17 heavy (non-hydrogen) atoms. The second kappa shape index (κ2) is 7.38. The van der Waals surface area contributed by atoms with Crippen molar-refractivity contribution in [2.24, 2.45) is 0 Å². The van der Waals surface area contributed by atoms with E-state index in [0.717, 1.165) is 18.4 Å². The second-order valence-corrected chi connectivity index (χ2v) is 4.27. The molecule has 0 radical (unpaired) electrons. The Hall–Kier alpha value is -0.960. The second-order valence-electron chi connectivity index (χ2n) is 4.27. The standard InChI is InChI=1S/C14H21F2N/c1-3-9-17-13(14(15)16)10-12-7-5-11(4-2)6-8-12/h5-8,13-14,17H,3-4,9-10H2,1-2H3. The zero-order chi connectivity index (χ0) is 12.7. The molecule has 1 nitrogen and oxygen atoms in total. The van der Waals surface area contributed by atoms with Gasteiger partial charge >= 0.3 is 0 Å². The van der Waals surface area contributed by atoms with Crippen LogP contribution in [0.25, 0.3) is 0 Å². The fourth-order valence-corrected chi connectivity index (χ4v) is 1.75. The molecule has 1 N–H and O–H groups in total. The van der Waals surface area contributed by atoms with E-state index in [2.05, 4.69) is 12.2 Å². The Morgan fingerprint density at radius 1 is 1.06 bits per heavy atom. The van der Waals surface area contributed by atoms with Crippen molar-refractivity contribution in [2.75, 3.05) is 6.54 Å². The normalized spacial score (nSPS) is 13.0. The maximum absolute atomic E-state index is 12.8. The van der Waals surface area contributed by atoms with Gasteiger partial charge in [0, 0.05) is 0 Å². The van der Waals surface area contributed by atoms with Crippen molar-refractivity contribution in [1.82, 2.24) is 5.32 Å². The molecule has 1 aromatic carbocycles. The summed E-state index contributed by atoms with van der Waals surface area (Å²) in [5, 5.41) is 2.90. The number of hydrogen-bond donors (Lipinski definition) is 1. The number of aryl methyl sites for hydroxylation is 1. The molecule has 3 heteroatoms. The maximum Gasteiger partial charge on any atom is 0.254 e. The molecular formula is C14H21F2N. The first kappa shape index (κ1) is 14.1. The molecule has 0 saturated carbocycles. The molecule has 0 aromatic heterocycles. The van der Waals surface area contributed by atoms with Gasteiger partial charge in [-0.2, -0.15) is 0 Å². The molecule has 1 atom stereocenters. The molecule has 0 heterocycles. The van der Waals surface area contributed by atoms with E-state index in [1.165, 1.54) is 5.56 Å². The summed E-state index contributed by atoms with van der Waals surface area (Å²) in [6, 6.07) is 7.18. The molecule has 1 rings (SSSR count). The number of hydrogen-bond acceptors (Lipinski definition) is 1. The predicted molar refractivity (Wildman–Crippen MR) is 67.6 cm³/mol. The average molecular weight is 241 g/mol. The molecule has 0 spiro atoms. The smallest absolute Gasteiger partial charge is 0.254 e. The lowest BCUT2D eigenvalue weighted by atomic mass is 10.0. The SMILES string of the molecule is CCCNC(Cc1ccc(CC)cc1)C(F)F. The van der Waals surface area contributed by atoms with E-state index in [4.69, 9.17) is 0 Å². The molecule has 0 bridgehead atoms. The Balaban J connectivity index is 2.58. The van der Waals surface area contributed by atoms with Crippen LogP contribution in [0.1, 0.15) is 31.4 Å². The summed E-state index contributed by atoms with van der Waals surface area (Å²) in [7, 11) is 0. The van der Waals surface area contributed by atoms with Crippen LogP contribution in [0.15, 0.2) is 24.3 Å². The summed E-state index contributed by atoms with van der Waals surface area (Å²) in [6.07, 6.45) is -0.0702. The average Bonchev–Trinajstić information content (AvgIpc) is 2.35. The van der Waals surface area contributed by atoms with Crippen molar-refractivity contribution < 1.29 is 8.78 Å². The van der Waals surface area contributed by atoms with Crippen LogP contribution in [-0.4, -0.2) is 19.0 Å². The van der Waals surface area contributed by atoms with Crippen LogP contribution >= 0.6 is 0 Å². The number of halogens is 2. The lowest BCUT2D eigenvalue weighted by Gasteiger charge is -2.17. The highest BCUT2D eigenvalue weighted by molar-refractivity contribution is 5.23. The van der Waals surface area contributed by atoms with Crippen molar-refractivity contribution in [3.63, 3.8) is 0 Å². The van der Waals surface area contributed by atoms with Gasteiger partial charge in [0.2, 0.25) is 0 Å². The number of rotatable bonds is 7. The van der Waals surface area contributed by atoms with Gasteiger partial charge in [-0.1, -0.05) is 38.1 Å². The first-order valence-electron chi connectivity index (χ1n) is 6.26. The van der Waals surface area contributed by atoms with E-state index in [1.54, 1.807) is 0 Å². The van der Waals surface area contributed by atoms with Crippen LogP contribution in [0.5, 0.6) is 0 Å². The van der Waals surface area contributed by atoms with Gasteiger partial charge in [-0.05, 0) is 36.9 Å². The maximum atomic E-state index is 12.8. The summed E-state index contributed by atoms with van der Waals surface area (Å²) in [5.41, 5.74) is 2.21. The van der Waals surface area contributed by atoms with Gasteiger partial charge in [-0.25, -0.2) is 8.78 Å². The van der Waals surface area contributed by atoms with Crippen LogP contribution in [0, 0.1) is 0 Å². The van der Waals surface area contributed by atoms with Crippen LogP contribution in [-0.2, 0) is 12.8 Å². The third-order valence-electron chi connectivity index (χ3n) is 2.85.